The molecule has 0 saturated carbocycles. The van der Waals surface area contributed by atoms with Crippen LogP contribution in [0.3, 0.4) is 0 Å². The van der Waals surface area contributed by atoms with Gasteiger partial charge in [0.25, 0.3) is 5.91 Å². The van der Waals surface area contributed by atoms with Gasteiger partial charge in [-0.15, -0.1) is 12.4 Å². The van der Waals surface area contributed by atoms with Crippen LogP contribution in [0.5, 0.6) is 0 Å². The lowest BCUT2D eigenvalue weighted by Gasteiger charge is -2.07. The van der Waals surface area contributed by atoms with Crippen LogP contribution in [0.1, 0.15) is 51.5 Å². The van der Waals surface area contributed by atoms with E-state index in [1.54, 1.807) is 6.92 Å². The predicted molar refractivity (Wildman–Crippen MR) is 74.0 cm³/mol. The zero-order chi connectivity index (χ0) is 13.1. The summed E-state index contributed by atoms with van der Waals surface area (Å²) in [6.07, 6.45) is 2.80. The van der Waals surface area contributed by atoms with Gasteiger partial charge in [-0.2, -0.15) is 0 Å². The monoisotopic (exact) mass is 286 g/mol. The number of carbonyl (C=O) groups excluding carboxylic acids is 2. The molecule has 5 nitrogen and oxygen atoms in total. The van der Waals surface area contributed by atoms with Crippen molar-refractivity contribution < 1.29 is 14.0 Å². The Morgan fingerprint density at radius 3 is 2.79 bits per heavy atom. The van der Waals surface area contributed by atoms with Crippen LogP contribution in [0.25, 0.3) is 0 Å². The van der Waals surface area contributed by atoms with E-state index in [-0.39, 0.29) is 29.9 Å². The third-order valence-corrected chi connectivity index (χ3v) is 3.18. The fraction of sp³-hybridized carbons (Fsp3) is 0.538. The van der Waals surface area contributed by atoms with Crippen molar-refractivity contribution in [3.63, 3.8) is 0 Å². The maximum atomic E-state index is 11.9. The van der Waals surface area contributed by atoms with E-state index in [1.807, 2.05) is 0 Å². The van der Waals surface area contributed by atoms with Gasteiger partial charge < -0.3 is 15.5 Å². The number of hydrogen-bond donors (Lipinski definition) is 2. The van der Waals surface area contributed by atoms with Gasteiger partial charge in [0.2, 0.25) is 0 Å². The number of fused-ring (bicyclic) bond motifs is 1. The van der Waals surface area contributed by atoms with Crippen molar-refractivity contribution in [2.75, 3.05) is 13.1 Å². The van der Waals surface area contributed by atoms with Gasteiger partial charge in [0, 0.05) is 24.9 Å². The number of nitrogens with two attached hydrogens (primary N) is 1. The Labute approximate surface area is 118 Å². The molecule has 19 heavy (non-hydrogen) atoms. The number of hydrogen-bond acceptors (Lipinski definition) is 4. The number of nitrogens with one attached hydrogen (secondary N) is 1. The molecule has 0 atom stereocenters. The summed E-state index contributed by atoms with van der Waals surface area (Å²) in [5.41, 5.74) is 6.64. The zero-order valence-electron chi connectivity index (χ0n) is 11.0. The molecule has 0 radical (unpaired) electrons. The quantitative estimate of drug-likeness (QED) is 0.824. The second kappa shape index (κ2) is 6.73. The fourth-order valence-corrected chi connectivity index (χ4v) is 2.25. The molecule has 0 saturated heterocycles. The number of Topliss-reactive ketones (excluding diaryl/α,β-unsaturated/α-hetero) is 1. The minimum Gasteiger partial charge on any atom is -0.455 e. The lowest BCUT2D eigenvalue weighted by Crippen LogP contribution is -2.26. The van der Waals surface area contributed by atoms with E-state index in [9.17, 15) is 9.59 Å². The standard InChI is InChI=1S/C13H18N2O3.ClH/c1-8-11-9(16)4-2-5-10(11)18-12(8)13(17)15-7-3-6-14;/h2-7,14H2,1H3,(H,15,17);1H. The van der Waals surface area contributed by atoms with Gasteiger partial charge in [0.05, 0.1) is 5.56 Å². The number of rotatable bonds is 4. The van der Waals surface area contributed by atoms with Crippen molar-refractivity contribution in [1.82, 2.24) is 5.32 Å². The van der Waals surface area contributed by atoms with E-state index < -0.39 is 0 Å². The molecule has 2 rings (SSSR count). The number of furan rings is 1. The van der Waals surface area contributed by atoms with E-state index in [0.717, 1.165) is 19.3 Å². The van der Waals surface area contributed by atoms with E-state index in [0.29, 0.717) is 36.4 Å². The van der Waals surface area contributed by atoms with Gasteiger partial charge >= 0.3 is 0 Å². The summed E-state index contributed by atoms with van der Waals surface area (Å²) in [7, 11) is 0. The Morgan fingerprint density at radius 2 is 2.16 bits per heavy atom. The van der Waals surface area contributed by atoms with Gasteiger partial charge in [-0.25, -0.2) is 0 Å². The molecule has 1 aromatic rings. The Bertz CT molecular complexity index is 482. The van der Waals surface area contributed by atoms with Gasteiger partial charge in [0.1, 0.15) is 5.76 Å². The molecule has 1 heterocycles. The van der Waals surface area contributed by atoms with Gasteiger partial charge in [-0.1, -0.05) is 0 Å². The first kappa shape index (κ1) is 15.7. The second-order valence-electron chi connectivity index (χ2n) is 4.53. The van der Waals surface area contributed by atoms with E-state index in [2.05, 4.69) is 5.32 Å². The fourth-order valence-electron chi connectivity index (χ4n) is 2.25. The second-order valence-corrected chi connectivity index (χ2v) is 4.53. The summed E-state index contributed by atoms with van der Waals surface area (Å²) in [5.74, 6) is 0.752. The van der Waals surface area contributed by atoms with E-state index in [4.69, 9.17) is 10.2 Å². The summed E-state index contributed by atoms with van der Waals surface area (Å²) in [5, 5.41) is 2.74. The van der Waals surface area contributed by atoms with Crippen molar-refractivity contribution in [3.8, 4) is 0 Å². The zero-order valence-corrected chi connectivity index (χ0v) is 11.8. The normalized spacial score (nSPS) is 13.7. The number of amides is 1. The van der Waals surface area contributed by atoms with Crippen molar-refractivity contribution in [2.24, 2.45) is 5.73 Å². The Hall–Kier alpha value is -1.33. The first-order chi connectivity index (χ1) is 8.65. The van der Waals surface area contributed by atoms with Crippen LogP contribution in [0.15, 0.2) is 4.42 Å². The smallest absolute Gasteiger partial charge is 0.287 e. The van der Waals surface area contributed by atoms with Gasteiger partial charge in [-0.3, -0.25) is 9.59 Å². The van der Waals surface area contributed by atoms with E-state index in [1.165, 1.54) is 0 Å². The summed E-state index contributed by atoms with van der Waals surface area (Å²) < 4.78 is 5.54. The highest BCUT2D eigenvalue weighted by molar-refractivity contribution is 6.03. The van der Waals surface area contributed by atoms with Crippen LogP contribution in [-0.2, 0) is 6.42 Å². The molecular weight excluding hydrogens is 268 g/mol. The molecule has 6 heteroatoms. The molecule has 0 fully saturated rings. The number of carbonyl (C=O) groups is 2. The lowest BCUT2D eigenvalue weighted by molar-refractivity contribution is 0.0919. The molecule has 0 aliphatic heterocycles. The molecule has 0 bridgehead atoms. The molecule has 0 spiro atoms. The van der Waals surface area contributed by atoms with Crippen molar-refractivity contribution >= 4 is 24.1 Å². The predicted octanol–water partition coefficient (Wildman–Crippen LogP) is 1.61. The largest absolute Gasteiger partial charge is 0.455 e. The minimum atomic E-state index is -0.261. The SMILES string of the molecule is Cc1c(C(=O)NCCCN)oc2c1C(=O)CCC2.Cl. The molecule has 106 valence electrons. The van der Waals surface area contributed by atoms with Crippen molar-refractivity contribution in [3.05, 3.63) is 22.6 Å². The highest BCUT2D eigenvalue weighted by Crippen LogP contribution is 2.29. The van der Waals surface area contributed by atoms with Gasteiger partial charge in [0.15, 0.2) is 11.5 Å². The number of halogens is 1. The molecule has 0 aromatic carbocycles. The maximum absolute atomic E-state index is 11.9. The summed E-state index contributed by atoms with van der Waals surface area (Å²) in [6.45, 7) is 2.82. The molecule has 1 amide bonds. The highest BCUT2D eigenvalue weighted by Gasteiger charge is 2.28. The Kier molecular flexibility index (Phi) is 5.57. The van der Waals surface area contributed by atoms with E-state index >= 15 is 0 Å². The molecule has 1 aromatic heterocycles. The summed E-state index contributed by atoms with van der Waals surface area (Å²) >= 11 is 0. The van der Waals surface area contributed by atoms with Crippen LogP contribution in [0, 0.1) is 6.92 Å². The first-order valence-electron chi connectivity index (χ1n) is 6.29. The molecule has 3 N–H and O–H groups in total. The third-order valence-electron chi connectivity index (χ3n) is 3.18. The number of aryl methyl sites for hydroxylation is 1. The van der Waals surface area contributed by atoms with Crippen molar-refractivity contribution in [2.45, 2.75) is 32.6 Å². The molecular formula is C13H19ClN2O3. The average molecular weight is 287 g/mol. The first-order valence-corrected chi connectivity index (χ1v) is 6.29. The van der Waals surface area contributed by atoms with Crippen LogP contribution >= 0.6 is 12.4 Å². The van der Waals surface area contributed by atoms with Crippen molar-refractivity contribution in [1.29, 1.82) is 0 Å². The minimum absolute atomic E-state index is 0. The van der Waals surface area contributed by atoms with Crippen LogP contribution in [0.2, 0.25) is 0 Å². The Morgan fingerprint density at radius 1 is 1.42 bits per heavy atom. The molecule has 1 aliphatic carbocycles. The molecule has 1 aliphatic rings. The summed E-state index contributed by atoms with van der Waals surface area (Å²) in [6, 6.07) is 0. The highest BCUT2D eigenvalue weighted by atomic mass is 35.5. The Balaban J connectivity index is 0.00000180. The number of ketones is 1. The van der Waals surface area contributed by atoms with Crippen LogP contribution < -0.4 is 11.1 Å². The maximum Gasteiger partial charge on any atom is 0.287 e. The topological polar surface area (TPSA) is 85.3 Å². The lowest BCUT2D eigenvalue weighted by atomic mass is 9.94. The molecule has 0 unspecified atom stereocenters. The average Bonchev–Trinajstić information content (AvgIpc) is 2.68. The van der Waals surface area contributed by atoms with Crippen LogP contribution in [-0.4, -0.2) is 24.8 Å². The third kappa shape index (κ3) is 3.16. The summed E-state index contributed by atoms with van der Waals surface area (Å²) in [4.78, 5) is 23.7. The van der Waals surface area contributed by atoms with Crippen LogP contribution in [0.4, 0.5) is 0 Å². The van der Waals surface area contributed by atoms with Gasteiger partial charge in [-0.05, 0) is 26.3 Å².